The maximum atomic E-state index is 12.3. The molecule has 0 aliphatic rings. The van der Waals surface area contributed by atoms with Crippen LogP contribution in [0.5, 0.6) is 5.75 Å². The van der Waals surface area contributed by atoms with Crippen molar-refractivity contribution >= 4 is 28.3 Å². The van der Waals surface area contributed by atoms with E-state index >= 15 is 0 Å². The second-order valence-electron chi connectivity index (χ2n) is 7.10. The van der Waals surface area contributed by atoms with Gasteiger partial charge in [-0.25, -0.2) is 4.98 Å². The van der Waals surface area contributed by atoms with Crippen molar-refractivity contribution in [3.8, 4) is 17.0 Å². The fraction of sp³-hybridized carbons (Fsp3) is 0.208. The van der Waals surface area contributed by atoms with E-state index in [4.69, 9.17) is 4.74 Å². The van der Waals surface area contributed by atoms with E-state index in [1.165, 1.54) is 10.4 Å². The topological polar surface area (TPSA) is 64.1 Å². The number of para-hydroxylation sites is 2. The minimum Gasteiger partial charge on any atom is -0.481 e. The second kappa shape index (κ2) is 9.05. The number of carbonyl (C=O) groups is 1. The third kappa shape index (κ3) is 4.66. The van der Waals surface area contributed by atoms with Gasteiger partial charge in [0, 0.05) is 17.0 Å². The zero-order chi connectivity index (χ0) is 20.9. The van der Waals surface area contributed by atoms with Crippen molar-refractivity contribution in [3.63, 3.8) is 0 Å². The number of nitrogens with zero attached hydrogens (tertiary/aromatic N) is 2. The number of hydrogen-bond donors (Lipinski definition) is 1. The lowest BCUT2D eigenvalue weighted by molar-refractivity contribution is -0.127. The average molecular weight is 418 g/mol. The van der Waals surface area contributed by atoms with Crippen LogP contribution in [0.3, 0.4) is 0 Å². The molecule has 0 unspecified atom stereocenters. The molecule has 1 N–H and O–H groups in total. The van der Waals surface area contributed by atoms with Crippen LogP contribution in [0, 0.1) is 6.92 Å². The van der Waals surface area contributed by atoms with E-state index in [1.807, 2.05) is 48.5 Å². The van der Waals surface area contributed by atoms with Crippen molar-refractivity contribution in [1.82, 2.24) is 15.3 Å². The van der Waals surface area contributed by atoms with Crippen molar-refractivity contribution in [2.24, 2.45) is 0 Å². The lowest BCUT2D eigenvalue weighted by atomic mass is 10.1. The summed E-state index contributed by atoms with van der Waals surface area (Å²) in [4.78, 5) is 22.7. The summed E-state index contributed by atoms with van der Waals surface area (Å²) in [5.41, 5.74) is 4.75. The van der Waals surface area contributed by atoms with Crippen LogP contribution in [-0.4, -0.2) is 28.5 Å². The zero-order valence-corrected chi connectivity index (χ0v) is 17.8. The van der Waals surface area contributed by atoms with Gasteiger partial charge in [-0.15, -0.1) is 11.3 Å². The standard InChI is InChI=1S/C24H23N3O2S/c1-16-12-14-30-23(16)11-13-25-24(28)17(2)29-19-9-7-18(8-10-19)22-15-26-20-5-3-4-6-21(20)27-22/h3-10,12,14-15,17H,11,13H2,1-2H3,(H,25,28)/t17-/m1/s1. The van der Waals surface area contributed by atoms with Crippen LogP contribution in [-0.2, 0) is 11.2 Å². The summed E-state index contributed by atoms with van der Waals surface area (Å²) in [6, 6.07) is 17.4. The predicted molar refractivity (Wildman–Crippen MR) is 121 cm³/mol. The molecule has 0 fully saturated rings. The van der Waals surface area contributed by atoms with Gasteiger partial charge in [0.15, 0.2) is 6.10 Å². The Kier molecular flexibility index (Phi) is 6.05. The fourth-order valence-corrected chi connectivity index (χ4v) is 4.07. The molecule has 5 nitrogen and oxygen atoms in total. The predicted octanol–water partition coefficient (Wildman–Crippen LogP) is 4.79. The van der Waals surface area contributed by atoms with Crippen LogP contribution < -0.4 is 10.1 Å². The Bertz CT molecular complexity index is 1150. The first-order valence-corrected chi connectivity index (χ1v) is 10.8. The Hall–Kier alpha value is -3.25. The number of ether oxygens (including phenoxy) is 1. The molecule has 0 saturated carbocycles. The number of nitrogens with one attached hydrogen (secondary N) is 1. The van der Waals surface area contributed by atoms with Gasteiger partial charge in [-0.2, -0.15) is 0 Å². The van der Waals surface area contributed by atoms with Gasteiger partial charge in [0.2, 0.25) is 0 Å². The zero-order valence-electron chi connectivity index (χ0n) is 17.0. The summed E-state index contributed by atoms with van der Waals surface area (Å²) < 4.78 is 5.80. The number of aromatic nitrogens is 2. The van der Waals surface area contributed by atoms with E-state index in [0.29, 0.717) is 12.3 Å². The summed E-state index contributed by atoms with van der Waals surface area (Å²) >= 11 is 1.72. The molecule has 30 heavy (non-hydrogen) atoms. The number of fused-ring (bicyclic) bond motifs is 1. The minimum absolute atomic E-state index is 0.117. The first-order valence-electron chi connectivity index (χ1n) is 9.90. The molecular formula is C24H23N3O2S. The van der Waals surface area contributed by atoms with Crippen molar-refractivity contribution in [1.29, 1.82) is 0 Å². The number of rotatable bonds is 7. The Balaban J connectivity index is 1.34. The minimum atomic E-state index is -0.569. The Morgan fingerprint density at radius 3 is 2.60 bits per heavy atom. The summed E-state index contributed by atoms with van der Waals surface area (Å²) in [5.74, 6) is 0.526. The monoisotopic (exact) mass is 417 g/mol. The highest BCUT2D eigenvalue weighted by atomic mass is 32.1. The van der Waals surface area contributed by atoms with Crippen LogP contribution in [0.25, 0.3) is 22.3 Å². The molecular weight excluding hydrogens is 394 g/mol. The molecule has 0 radical (unpaired) electrons. The molecule has 0 aliphatic heterocycles. The molecule has 2 aromatic heterocycles. The van der Waals surface area contributed by atoms with Gasteiger partial charge in [-0.1, -0.05) is 12.1 Å². The summed E-state index contributed by atoms with van der Waals surface area (Å²) in [5, 5.41) is 5.02. The quantitative estimate of drug-likeness (QED) is 0.469. The number of hydrogen-bond acceptors (Lipinski definition) is 5. The third-order valence-corrected chi connectivity index (χ3v) is 5.98. The van der Waals surface area contributed by atoms with Gasteiger partial charge in [0.25, 0.3) is 5.91 Å². The van der Waals surface area contributed by atoms with Crippen LogP contribution in [0.2, 0.25) is 0 Å². The highest BCUT2D eigenvalue weighted by Crippen LogP contribution is 2.22. The summed E-state index contributed by atoms with van der Waals surface area (Å²) in [6.07, 6.45) is 2.04. The smallest absolute Gasteiger partial charge is 0.260 e. The van der Waals surface area contributed by atoms with E-state index in [9.17, 15) is 4.79 Å². The average Bonchev–Trinajstić information content (AvgIpc) is 3.18. The molecule has 0 saturated heterocycles. The molecule has 2 heterocycles. The maximum absolute atomic E-state index is 12.3. The molecule has 0 bridgehead atoms. The number of aryl methyl sites for hydroxylation is 1. The van der Waals surface area contributed by atoms with Gasteiger partial charge in [-0.3, -0.25) is 9.78 Å². The van der Waals surface area contributed by atoms with Crippen molar-refractivity contribution in [3.05, 3.63) is 76.6 Å². The van der Waals surface area contributed by atoms with Crippen LogP contribution in [0.4, 0.5) is 0 Å². The number of carbonyl (C=O) groups excluding carboxylic acids is 1. The fourth-order valence-electron chi connectivity index (χ4n) is 3.16. The second-order valence-corrected chi connectivity index (χ2v) is 8.10. The van der Waals surface area contributed by atoms with E-state index in [2.05, 4.69) is 33.7 Å². The van der Waals surface area contributed by atoms with Gasteiger partial charge < -0.3 is 10.1 Å². The lowest BCUT2D eigenvalue weighted by Gasteiger charge is -2.15. The highest BCUT2D eigenvalue weighted by molar-refractivity contribution is 7.10. The summed E-state index contributed by atoms with van der Waals surface area (Å²) in [6.45, 7) is 4.45. The molecule has 1 atom stereocenters. The van der Waals surface area contributed by atoms with Crippen LogP contribution in [0.15, 0.2) is 66.2 Å². The molecule has 4 aromatic rings. The van der Waals surface area contributed by atoms with E-state index in [1.54, 1.807) is 24.5 Å². The molecule has 2 aromatic carbocycles. The van der Waals surface area contributed by atoms with Gasteiger partial charge in [-0.05, 0) is 73.7 Å². The lowest BCUT2D eigenvalue weighted by Crippen LogP contribution is -2.37. The first kappa shape index (κ1) is 20.0. The molecule has 152 valence electrons. The van der Waals surface area contributed by atoms with E-state index < -0.39 is 6.10 Å². The largest absolute Gasteiger partial charge is 0.481 e. The normalized spacial score (nSPS) is 11.9. The molecule has 0 spiro atoms. The van der Waals surface area contributed by atoms with Crippen molar-refractivity contribution in [2.75, 3.05) is 6.54 Å². The van der Waals surface area contributed by atoms with Gasteiger partial charge >= 0.3 is 0 Å². The van der Waals surface area contributed by atoms with E-state index in [-0.39, 0.29) is 5.91 Å². The summed E-state index contributed by atoms with van der Waals surface area (Å²) in [7, 11) is 0. The first-order chi connectivity index (χ1) is 14.6. The SMILES string of the molecule is Cc1ccsc1CCNC(=O)[C@@H](C)Oc1ccc(-c2cnc3ccccc3n2)cc1. The molecule has 1 amide bonds. The van der Waals surface area contributed by atoms with E-state index in [0.717, 1.165) is 28.7 Å². The van der Waals surface area contributed by atoms with Gasteiger partial charge in [0.1, 0.15) is 5.75 Å². The Morgan fingerprint density at radius 2 is 1.87 bits per heavy atom. The van der Waals surface area contributed by atoms with Crippen LogP contribution >= 0.6 is 11.3 Å². The number of amides is 1. The molecule has 4 rings (SSSR count). The Morgan fingerprint density at radius 1 is 1.10 bits per heavy atom. The Labute approximate surface area is 179 Å². The third-order valence-electron chi connectivity index (χ3n) is 4.90. The number of benzene rings is 2. The number of thiophene rings is 1. The molecule has 6 heteroatoms. The highest BCUT2D eigenvalue weighted by Gasteiger charge is 2.14. The van der Waals surface area contributed by atoms with Crippen molar-refractivity contribution in [2.45, 2.75) is 26.4 Å². The van der Waals surface area contributed by atoms with Gasteiger partial charge in [0.05, 0.1) is 22.9 Å². The molecule has 0 aliphatic carbocycles. The van der Waals surface area contributed by atoms with Crippen LogP contribution in [0.1, 0.15) is 17.4 Å². The van der Waals surface area contributed by atoms with Crippen molar-refractivity contribution < 1.29 is 9.53 Å². The maximum Gasteiger partial charge on any atom is 0.260 e.